The maximum atomic E-state index is 13.6. The summed E-state index contributed by atoms with van der Waals surface area (Å²) in [6.45, 7) is 2.62. The molecule has 0 spiro atoms. The van der Waals surface area contributed by atoms with Crippen LogP contribution >= 0.6 is 11.6 Å². The van der Waals surface area contributed by atoms with Gasteiger partial charge in [-0.2, -0.15) is 0 Å². The number of imide groups is 1. The molecule has 1 aliphatic rings. The normalized spacial score (nSPS) is 19.9. The second-order valence-corrected chi connectivity index (χ2v) is 8.58. The van der Waals surface area contributed by atoms with Crippen LogP contribution in [0.3, 0.4) is 0 Å². The average molecular weight is 447 g/mol. The van der Waals surface area contributed by atoms with Crippen LogP contribution in [0.2, 0.25) is 5.02 Å². The first-order chi connectivity index (χ1) is 14.7. The van der Waals surface area contributed by atoms with Crippen molar-refractivity contribution >= 4 is 29.3 Å². The molecule has 0 aliphatic carbocycles. The average Bonchev–Trinajstić information content (AvgIpc) is 3.34. The molecular formula is C22H27ClN4O4. The molecule has 1 aliphatic heterocycles. The number of carbonyl (C=O) groups excluding carboxylic acids is 3. The number of nitrogens with zero attached hydrogens (tertiary/aromatic N) is 4. The molecule has 166 valence electrons. The molecule has 31 heavy (non-hydrogen) atoms. The molecule has 2 heterocycles. The number of benzene rings is 1. The van der Waals surface area contributed by atoms with Crippen molar-refractivity contribution in [1.29, 1.82) is 0 Å². The van der Waals surface area contributed by atoms with Crippen molar-refractivity contribution in [3.63, 3.8) is 0 Å². The predicted octanol–water partition coefficient (Wildman–Crippen LogP) is 2.50. The van der Waals surface area contributed by atoms with Crippen LogP contribution in [0.5, 0.6) is 0 Å². The number of halogens is 1. The monoisotopic (exact) mass is 446 g/mol. The highest BCUT2D eigenvalue weighted by atomic mass is 35.5. The summed E-state index contributed by atoms with van der Waals surface area (Å²) in [4.78, 5) is 44.4. The van der Waals surface area contributed by atoms with Crippen molar-refractivity contribution in [3.8, 4) is 0 Å². The Morgan fingerprint density at radius 1 is 1.26 bits per heavy atom. The van der Waals surface area contributed by atoms with Gasteiger partial charge in [0.15, 0.2) is 0 Å². The lowest BCUT2D eigenvalue weighted by molar-refractivity contribution is -0.143. The maximum absolute atomic E-state index is 13.6. The Bertz CT molecular complexity index is 962. The molecule has 1 aromatic heterocycles. The molecule has 0 radical (unpaired) electrons. The van der Waals surface area contributed by atoms with E-state index in [2.05, 4.69) is 5.16 Å². The first-order valence-corrected chi connectivity index (χ1v) is 10.5. The number of likely N-dealkylation sites (N-methyl/N-ethyl adjacent to an activating group) is 1. The van der Waals surface area contributed by atoms with Crippen molar-refractivity contribution < 1.29 is 18.9 Å². The van der Waals surface area contributed by atoms with Crippen molar-refractivity contribution in [2.45, 2.75) is 31.2 Å². The van der Waals surface area contributed by atoms with Crippen LogP contribution in [0.25, 0.3) is 0 Å². The summed E-state index contributed by atoms with van der Waals surface area (Å²) in [5.74, 6) is -0.971. The zero-order valence-electron chi connectivity index (χ0n) is 18.2. The van der Waals surface area contributed by atoms with Gasteiger partial charge in [-0.25, -0.2) is 0 Å². The van der Waals surface area contributed by atoms with Gasteiger partial charge in [0.1, 0.15) is 12.0 Å². The van der Waals surface area contributed by atoms with Crippen LogP contribution < -0.4 is 0 Å². The molecule has 2 aromatic rings. The quantitative estimate of drug-likeness (QED) is 0.579. The third-order valence-electron chi connectivity index (χ3n) is 5.88. The molecule has 0 bridgehead atoms. The molecular weight excluding hydrogens is 420 g/mol. The lowest BCUT2D eigenvalue weighted by Gasteiger charge is -2.31. The van der Waals surface area contributed by atoms with Gasteiger partial charge in [-0.3, -0.25) is 19.3 Å². The van der Waals surface area contributed by atoms with Crippen LogP contribution in [0.15, 0.2) is 41.1 Å². The molecule has 1 fully saturated rings. The summed E-state index contributed by atoms with van der Waals surface area (Å²) in [6.07, 6.45) is 1.18. The summed E-state index contributed by atoms with van der Waals surface area (Å²) >= 11 is 6.45. The highest BCUT2D eigenvalue weighted by molar-refractivity contribution is 6.32. The van der Waals surface area contributed by atoms with Gasteiger partial charge in [-0.05, 0) is 32.6 Å². The second-order valence-electron chi connectivity index (χ2n) is 8.17. The highest BCUT2D eigenvalue weighted by Crippen LogP contribution is 2.43. The van der Waals surface area contributed by atoms with E-state index in [0.29, 0.717) is 22.8 Å². The van der Waals surface area contributed by atoms with Gasteiger partial charge < -0.3 is 14.3 Å². The Hall–Kier alpha value is -2.71. The second kappa shape index (κ2) is 9.20. The molecule has 0 N–H and O–H groups in total. The molecule has 2 atom stereocenters. The topological polar surface area (TPSA) is 87.0 Å². The van der Waals surface area contributed by atoms with E-state index in [9.17, 15) is 14.4 Å². The first-order valence-electron chi connectivity index (χ1n) is 10.1. The molecule has 3 rings (SSSR count). The Balaban J connectivity index is 1.95. The molecule has 0 unspecified atom stereocenters. The number of amides is 3. The standard InChI is InChI=1S/C22H27ClN4O4/c1-15(18-9-12-31-24-18)26(4)19(28)13-22(16-7-5-6-8-17(16)23)14-20(29)27(21(22)30)11-10-25(2)3/h5-9,12,15H,10-11,13-14H2,1-4H3/t15-,22+/m0/s1. The van der Waals surface area contributed by atoms with Gasteiger partial charge in [0, 0.05) is 44.1 Å². The number of hydrogen-bond donors (Lipinski definition) is 0. The third-order valence-corrected chi connectivity index (χ3v) is 6.21. The first kappa shape index (κ1) is 23.0. The van der Waals surface area contributed by atoms with Crippen LogP contribution in [0.1, 0.15) is 37.1 Å². The highest BCUT2D eigenvalue weighted by Gasteiger charge is 2.54. The van der Waals surface area contributed by atoms with Crippen LogP contribution in [0, 0.1) is 0 Å². The molecule has 9 heteroatoms. The predicted molar refractivity (Wildman–Crippen MR) is 115 cm³/mol. The van der Waals surface area contributed by atoms with E-state index in [4.69, 9.17) is 16.1 Å². The van der Waals surface area contributed by atoms with Crippen molar-refractivity contribution in [1.82, 2.24) is 19.9 Å². The maximum Gasteiger partial charge on any atom is 0.240 e. The van der Waals surface area contributed by atoms with Crippen LogP contribution in [-0.4, -0.2) is 71.8 Å². The van der Waals surface area contributed by atoms with E-state index in [1.165, 1.54) is 16.1 Å². The van der Waals surface area contributed by atoms with Gasteiger partial charge in [0.2, 0.25) is 17.7 Å². The van der Waals surface area contributed by atoms with Gasteiger partial charge in [0.25, 0.3) is 0 Å². The van der Waals surface area contributed by atoms with Gasteiger partial charge in [-0.15, -0.1) is 0 Å². The van der Waals surface area contributed by atoms with E-state index >= 15 is 0 Å². The minimum atomic E-state index is -1.34. The summed E-state index contributed by atoms with van der Waals surface area (Å²) in [7, 11) is 5.39. The minimum absolute atomic E-state index is 0.0963. The Morgan fingerprint density at radius 3 is 2.58 bits per heavy atom. The van der Waals surface area contributed by atoms with E-state index in [1.54, 1.807) is 37.4 Å². The Morgan fingerprint density at radius 2 is 1.97 bits per heavy atom. The number of likely N-dealkylation sites (tertiary alicyclic amines) is 1. The van der Waals surface area contributed by atoms with E-state index in [1.807, 2.05) is 25.9 Å². The summed E-state index contributed by atoms with van der Waals surface area (Å²) < 4.78 is 4.88. The molecule has 1 saturated heterocycles. The smallest absolute Gasteiger partial charge is 0.240 e. The molecule has 0 saturated carbocycles. The number of aromatic nitrogens is 1. The van der Waals surface area contributed by atoms with Crippen molar-refractivity contribution in [3.05, 3.63) is 52.9 Å². The molecule has 1 aromatic carbocycles. The Labute approximate surface area is 186 Å². The largest absolute Gasteiger partial charge is 0.364 e. The van der Waals surface area contributed by atoms with Crippen LogP contribution in [-0.2, 0) is 19.8 Å². The molecule has 3 amide bonds. The summed E-state index contributed by atoms with van der Waals surface area (Å²) in [5, 5.41) is 4.26. The third kappa shape index (κ3) is 4.50. The lowest BCUT2D eigenvalue weighted by Crippen LogP contribution is -2.44. The SMILES string of the molecule is C[C@@H](c1ccon1)N(C)C(=O)C[C@]1(c2ccccc2Cl)CC(=O)N(CCN(C)C)C1=O. The van der Waals surface area contributed by atoms with Crippen molar-refractivity contribution in [2.75, 3.05) is 34.2 Å². The fourth-order valence-electron chi connectivity index (χ4n) is 3.85. The minimum Gasteiger partial charge on any atom is -0.364 e. The van der Waals surface area contributed by atoms with Gasteiger partial charge in [-0.1, -0.05) is 35.0 Å². The lowest BCUT2D eigenvalue weighted by atomic mass is 9.75. The molecule has 8 nitrogen and oxygen atoms in total. The fourth-order valence-corrected chi connectivity index (χ4v) is 4.17. The summed E-state index contributed by atoms with van der Waals surface area (Å²) in [6, 6.07) is 8.24. The summed E-state index contributed by atoms with van der Waals surface area (Å²) in [5.41, 5.74) is -0.237. The van der Waals surface area contributed by atoms with Crippen molar-refractivity contribution in [2.24, 2.45) is 0 Å². The van der Waals surface area contributed by atoms with E-state index in [0.717, 1.165) is 0 Å². The number of carbonyl (C=O) groups is 3. The van der Waals surface area contributed by atoms with E-state index < -0.39 is 5.41 Å². The van der Waals surface area contributed by atoms with Crippen LogP contribution in [0.4, 0.5) is 0 Å². The zero-order chi connectivity index (χ0) is 22.8. The Kier molecular flexibility index (Phi) is 6.81. The zero-order valence-corrected chi connectivity index (χ0v) is 18.9. The number of rotatable bonds is 8. The van der Waals surface area contributed by atoms with Gasteiger partial charge >= 0.3 is 0 Å². The number of hydrogen-bond acceptors (Lipinski definition) is 6. The fraction of sp³-hybridized carbons (Fsp3) is 0.455. The van der Waals surface area contributed by atoms with Gasteiger partial charge in [0.05, 0.1) is 11.5 Å². The van der Waals surface area contributed by atoms with E-state index in [-0.39, 0.29) is 43.1 Å².